The zero-order chi connectivity index (χ0) is 15.2. The number of ether oxygens (including phenoxy) is 1. The lowest BCUT2D eigenvalue weighted by molar-refractivity contribution is 0.0600. The van der Waals surface area contributed by atoms with Crippen LogP contribution in [0, 0.1) is 0 Å². The average Bonchev–Trinajstić information content (AvgIpc) is 2.44. The van der Waals surface area contributed by atoms with Crippen molar-refractivity contribution in [1.82, 2.24) is 5.32 Å². The quantitative estimate of drug-likeness (QED) is 0.590. The largest absolute Gasteiger partial charge is 0.465 e. The normalized spacial score (nSPS) is 11.3. The standard InChI is InChI=1S/C13H18BrNO4S/c1-3-20(17,18)7-6-15-9-11-5-4-10(8-12(11)14)13(16)19-2/h4-5,8,15H,3,6-7,9H2,1-2H3. The van der Waals surface area contributed by atoms with E-state index in [2.05, 4.69) is 26.0 Å². The number of carbonyl (C=O) groups is 1. The second kappa shape index (κ2) is 7.75. The molecule has 0 bridgehead atoms. The Bertz CT molecular complexity index is 572. The van der Waals surface area contributed by atoms with Gasteiger partial charge < -0.3 is 10.1 Å². The van der Waals surface area contributed by atoms with E-state index in [1.165, 1.54) is 7.11 Å². The van der Waals surface area contributed by atoms with Crippen LogP contribution >= 0.6 is 15.9 Å². The first-order chi connectivity index (χ1) is 9.39. The summed E-state index contributed by atoms with van der Waals surface area (Å²) in [4.78, 5) is 11.4. The highest BCUT2D eigenvalue weighted by Crippen LogP contribution is 2.19. The first-order valence-corrected chi connectivity index (χ1v) is 8.79. The van der Waals surface area contributed by atoms with Gasteiger partial charge >= 0.3 is 5.97 Å². The molecule has 0 fully saturated rings. The zero-order valence-corrected chi connectivity index (χ0v) is 13.9. The van der Waals surface area contributed by atoms with E-state index < -0.39 is 9.84 Å². The van der Waals surface area contributed by atoms with Gasteiger partial charge in [0, 0.05) is 23.3 Å². The van der Waals surface area contributed by atoms with Gasteiger partial charge in [0.2, 0.25) is 0 Å². The zero-order valence-electron chi connectivity index (χ0n) is 11.5. The van der Waals surface area contributed by atoms with Crippen molar-refractivity contribution in [2.45, 2.75) is 13.5 Å². The second-order valence-corrected chi connectivity index (χ2v) is 7.54. The van der Waals surface area contributed by atoms with Gasteiger partial charge in [-0.05, 0) is 17.7 Å². The molecule has 0 radical (unpaired) electrons. The van der Waals surface area contributed by atoms with E-state index in [0.29, 0.717) is 18.7 Å². The van der Waals surface area contributed by atoms with Gasteiger partial charge in [0.05, 0.1) is 18.4 Å². The molecular formula is C13H18BrNO4S. The number of methoxy groups -OCH3 is 1. The van der Waals surface area contributed by atoms with Crippen LogP contribution in [-0.2, 0) is 21.1 Å². The summed E-state index contributed by atoms with van der Waals surface area (Å²) in [6.07, 6.45) is 0. The fourth-order valence-electron chi connectivity index (χ4n) is 1.53. The number of rotatable bonds is 7. The third-order valence-electron chi connectivity index (χ3n) is 2.82. The van der Waals surface area contributed by atoms with Gasteiger partial charge in [0.25, 0.3) is 0 Å². The van der Waals surface area contributed by atoms with Crippen molar-refractivity contribution in [2.75, 3.05) is 25.2 Å². The number of carbonyl (C=O) groups excluding carboxylic acids is 1. The maximum atomic E-state index is 11.4. The van der Waals surface area contributed by atoms with Crippen LogP contribution in [0.1, 0.15) is 22.8 Å². The fourth-order valence-corrected chi connectivity index (χ4v) is 2.79. The third-order valence-corrected chi connectivity index (χ3v) is 5.26. The van der Waals surface area contributed by atoms with Crippen LogP contribution in [0.2, 0.25) is 0 Å². The number of hydrogen-bond acceptors (Lipinski definition) is 5. The molecule has 7 heteroatoms. The monoisotopic (exact) mass is 363 g/mol. The van der Waals surface area contributed by atoms with Gasteiger partial charge in [0.15, 0.2) is 9.84 Å². The number of esters is 1. The van der Waals surface area contributed by atoms with Crippen LogP contribution in [0.4, 0.5) is 0 Å². The molecule has 0 heterocycles. The second-order valence-electron chi connectivity index (χ2n) is 4.21. The molecule has 5 nitrogen and oxygen atoms in total. The summed E-state index contributed by atoms with van der Waals surface area (Å²) >= 11 is 3.38. The lowest BCUT2D eigenvalue weighted by Crippen LogP contribution is -2.23. The highest BCUT2D eigenvalue weighted by atomic mass is 79.9. The van der Waals surface area contributed by atoms with Crippen LogP contribution in [0.3, 0.4) is 0 Å². The van der Waals surface area contributed by atoms with Crippen molar-refractivity contribution in [1.29, 1.82) is 0 Å². The molecule has 0 spiro atoms. The summed E-state index contributed by atoms with van der Waals surface area (Å²) in [5, 5.41) is 3.07. The third kappa shape index (κ3) is 5.22. The molecule has 0 unspecified atom stereocenters. The Morgan fingerprint density at radius 2 is 2.10 bits per heavy atom. The van der Waals surface area contributed by atoms with Gasteiger partial charge in [-0.1, -0.05) is 28.9 Å². The number of halogens is 1. The van der Waals surface area contributed by atoms with Crippen LogP contribution in [0.5, 0.6) is 0 Å². The predicted molar refractivity (Wildman–Crippen MR) is 81.5 cm³/mol. The number of sulfone groups is 1. The molecule has 0 aromatic heterocycles. The molecular weight excluding hydrogens is 346 g/mol. The summed E-state index contributed by atoms with van der Waals surface area (Å²) in [6, 6.07) is 5.17. The van der Waals surface area contributed by atoms with Gasteiger partial charge in [-0.15, -0.1) is 0 Å². The molecule has 1 rings (SSSR count). The molecule has 20 heavy (non-hydrogen) atoms. The van der Waals surface area contributed by atoms with E-state index in [1.807, 2.05) is 0 Å². The number of hydrogen-bond donors (Lipinski definition) is 1. The highest BCUT2D eigenvalue weighted by molar-refractivity contribution is 9.10. The summed E-state index contributed by atoms with van der Waals surface area (Å²) in [5.41, 5.74) is 1.42. The predicted octanol–water partition coefficient (Wildman–Crippen LogP) is 1.76. The van der Waals surface area contributed by atoms with E-state index in [-0.39, 0.29) is 17.5 Å². The van der Waals surface area contributed by atoms with E-state index >= 15 is 0 Å². The maximum absolute atomic E-state index is 11.4. The Balaban J connectivity index is 2.55. The maximum Gasteiger partial charge on any atom is 0.337 e. The van der Waals surface area contributed by atoms with E-state index in [4.69, 9.17) is 0 Å². The lowest BCUT2D eigenvalue weighted by Gasteiger charge is -2.08. The Morgan fingerprint density at radius 1 is 1.40 bits per heavy atom. The lowest BCUT2D eigenvalue weighted by atomic mass is 10.1. The summed E-state index contributed by atoms with van der Waals surface area (Å²) < 4.78 is 28.1. The molecule has 112 valence electrons. The molecule has 0 aliphatic heterocycles. The van der Waals surface area contributed by atoms with Gasteiger partial charge in [-0.25, -0.2) is 13.2 Å². The van der Waals surface area contributed by atoms with E-state index in [9.17, 15) is 13.2 Å². The van der Waals surface area contributed by atoms with Crippen molar-refractivity contribution in [3.8, 4) is 0 Å². The van der Waals surface area contributed by atoms with Crippen molar-refractivity contribution >= 4 is 31.7 Å². The Labute approximate surface area is 127 Å². The van der Waals surface area contributed by atoms with Crippen LogP contribution in [0.15, 0.2) is 22.7 Å². The number of benzene rings is 1. The van der Waals surface area contributed by atoms with E-state index in [0.717, 1.165) is 10.0 Å². The van der Waals surface area contributed by atoms with Gasteiger partial charge in [0.1, 0.15) is 0 Å². The molecule has 0 amide bonds. The molecule has 1 N–H and O–H groups in total. The smallest absolute Gasteiger partial charge is 0.337 e. The highest BCUT2D eigenvalue weighted by Gasteiger charge is 2.09. The number of nitrogens with one attached hydrogen (secondary N) is 1. The minimum absolute atomic E-state index is 0.126. The first-order valence-electron chi connectivity index (χ1n) is 6.17. The van der Waals surface area contributed by atoms with Crippen LogP contribution in [0.25, 0.3) is 0 Å². The Hall–Kier alpha value is -0.920. The SMILES string of the molecule is CCS(=O)(=O)CCNCc1ccc(C(=O)OC)cc1Br. The van der Waals surface area contributed by atoms with Gasteiger partial charge in [-0.3, -0.25) is 0 Å². The topological polar surface area (TPSA) is 72.5 Å². The van der Waals surface area contributed by atoms with Crippen molar-refractivity contribution < 1.29 is 17.9 Å². The average molecular weight is 364 g/mol. The van der Waals surface area contributed by atoms with Crippen LogP contribution < -0.4 is 5.32 Å². The fraction of sp³-hybridized carbons (Fsp3) is 0.462. The summed E-state index contributed by atoms with van der Waals surface area (Å²) in [5.74, 6) is -0.104. The minimum atomic E-state index is -2.94. The minimum Gasteiger partial charge on any atom is -0.465 e. The van der Waals surface area contributed by atoms with Crippen molar-refractivity contribution in [2.24, 2.45) is 0 Å². The van der Waals surface area contributed by atoms with Crippen molar-refractivity contribution in [3.05, 3.63) is 33.8 Å². The molecule has 0 aliphatic rings. The molecule has 1 aromatic carbocycles. The molecule has 0 saturated carbocycles. The first kappa shape index (κ1) is 17.1. The Morgan fingerprint density at radius 3 is 2.65 bits per heavy atom. The molecule has 0 aliphatic carbocycles. The van der Waals surface area contributed by atoms with Gasteiger partial charge in [-0.2, -0.15) is 0 Å². The Kier molecular flexibility index (Phi) is 6.64. The molecule has 0 saturated heterocycles. The van der Waals surface area contributed by atoms with E-state index in [1.54, 1.807) is 25.1 Å². The summed E-state index contributed by atoms with van der Waals surface area (Å²) in [6.45, 7) is 2.57. The van der Waals surface area contributed by atoms with Crippen molar-refractivity contribution in [3.63, 3.8) is 0 Å². The van der Waals surface area contributed by atoms with Crippen LogP contribution in [-0.4, -0.2) is 39.5 Å². The summed E-state index contributed by atoms with van der Waals surface area (Å²) in [7, 11) is -1.61. The molecule has 0 atom stereocenters. The molecule has 1 aromatic rings.